The maximum absolute atomic E-state index is 12.4. The van der Waals surface area contributed by atoms with Gasteiger partial charge in [0.05, 0.1) is 19.3 Å². The fourth-order valence-electron chi connectivity index (χ4n) is 3.36. The van der Waals surface area contributed by atoms with Crippen molar-refractivity contribution < 1.29 is 14.3 Å². The number of nitrogens with one attached hydrogen (secondary N) is 2. The molecular formula is C22H25BrClN3O3. The Morgan fingerprint density at radius 1 is 1.07 bits per heavy atom. The quantitative estimate of drug-likeness (QED) is 0.590. The molecule has 0 saturated carbocycles. The number of hydrogen-bond donors (Lipinski definition) is 2. The van der Waals surface area contributed by atoms with E-state index in [0.29, 0.717) is 30.3 Å². The van der Waals surface area contributed by atoms with Gasteiger partial charge in [-0.05, 0) is 35.9 Å². The Morgan fingerprint density at radius 2 is 1.77 bits per heavy atom. The molecule has 0 aliphatic carbocycles. The molecule has 1 saturated heterocycles. The Balaban J connectivity index is 1.51. The summed E-state index contributed by atoms with van der Waals surface area (Å²) in [5, 5.41) is 6.45. The van der Waals surface area contributed by atoms with Crippen molar-refractivity contribution in [2.75, 3.05) is 39.4 Å². The molecule has 1 unspecified atom stereocenters. The third-order valence-corrected chi connectivity index (χ3v) is 5.86. The zero-order chi connectivity index (χ0) is 21.3. The van der Waals surface area contributed by atoms with Gasteiger partial charge in [-0.15, -0.1) is 0 Å². The molecular weight excluding hydrogens is 470 g/mol. The van der Waals surface area contributed by atoms with Crippen LogP contribution in [0.2, 0.25) is 5.02 Å². The number of nitrogens with zero attached hydrogens (tertiary/aromatic N) is 1. The second kappa shape index (κ2) is 11.5. The first-order chi connectivity index (χ1) is 14.5. The Labute approximate surface area is 190 Å². The number of ether oxygens (including phenoxy) is 1. The summed E-state index contributed by atoms with van der Waals surface area (Å²) in [7, 11) is 0. The fourth-order valence-corrected chi connectivity index (χ4v) is 3.89. The third-order valence-electron chi connectivity index (χ3n) is 4.99. The van der Waals surface area contributed by atoms with E-state index in [1.54, 1.807) is 12.1 Å². The van der Waals surface area contributed by atoms with Crippen LogP contribution in [0.1, 0.15) is 28.4 Å². The molecule has 160 valence electrons. The number of carbonyl (C=O) groups excluding carboxylic acids is 2. The van der Waals surface area contributed by atoms with Crippen LogP contribution in [-0.4, -0.2) is 56.1 Å². The average Bonchev–Trinajstić information content (AvgIpc) is 2.76. The van der Waals surface area contributed by atoms with E-state index in [0.717, 1.165) is 23.1 Å². The van der Waals surface area contributed by atoms with Gasteiger partial charge in [0.1, 0.15) is 0 Å². The number of morpholine rings is 1. The van der Waals surface area contributed by atoms with Crippen LogP contribution >= 0.6 is 27.5 Å². The molecule has 8 heteroatoms. The first-order valence-electron chi connectivity index (χ1n) is 9.91. The van der Waals surface area contributed by atoms with Gasteiger partial charge in [-0.1, -0.05) is 45.7 Å². The number of benzene rings is 2. The second-order valence-corrected chi connectivity index (χ2v) is 8.33. The molecule has 6 nitrogen and oxygen atoms in total. The van der Waals surface area contributed by atoms with Crippen molar-refractivity contribution in [1.82, 2.24) is 15.5 Å². The average molecular weight is 495 g/mol. The molecule has 0 bridgehead atoms. The van der Waals surface area contributed by atoms with E-state index in [9.17, 15) is 9.59 Å². The van der Waals surface area contributed by atoms with Crippen LogP contribution in [-0.2, 0) is 9.53 Å². The minimum atomic E-state index is -0.197. The van der Waals surface area contributed by atoms with Crippen molar-refractivity contribution in [2.45, 2.75) is 12.5 Å². The van der Waals surface area contributed by atoms with Gasteiger partial charge in [0, 0.05) is 47.7 Å². The van der Waals surface area contributed by atoms with Crippen LogP contribution in [0, 0.1) is 0 Å². The molecule has 2 aromatic carbocycles. The summed E-state index contributed by atoms with van der Waals surface area (Å²) in [5.74, 6) is -0.311. The van der Waals surface area contributed by atoms with E-state index >= 15 is 0 Å². The van der Waals surface area contributed by atoms with Gasteiger partial charge in [0.25, 0.3) is 5.91 Å². The molecule has 30 heavy (non-hydrogen) atoms. The van der Waals surface area contributed by atoms with Crippen molar-refractivity contribution in [3.8, 4) is 0 Å². The van der Waals surface area contributed by atoms with Gasteiger partial charge in [-0.2, -0.15) is 0 Å². The summed E-state index contributed by atoms with van der Waals surface area (Å²) in [6.45, 7) is 3.62. The van der Waals surface area contributed by atoms with E-state index in [-0.39, 0.29) is 30.8 Å². The SMILES string of the molecule is O=C(CCNC(=O)c1ccc(Br)cc1)NCC(c1ccccc1Cl)N1CCOCC1. The lowest BCUT2D eigenvalue weighted by Crippen LogP contribution is -2.44. The van der Waals surface area contributed by atoms with E-state index in [1.807, 2.05) is 36.4 Å². The molecule has 1 atom stereocenters. The number of rotatable bonds is 8. The molecule has 0 radical (unpaired) electrons. The minimum absolute atomic E-state index is 0.0242. The summed E-state index contributed by atoms with van der Waals surface area (Å²) in [4.78, 5) is 26.8. The van der Waals surface area contributed by atoms with Crippen LogP contribution < -0.4 is 10.6 Å². The highest BCUT2D eigenvalue weighted by atomic mass is 79.9. The molecule has 1 aliphatic heterocycles. The van der Waals surface area contributed by atoms with Gasteiger partial charge in [-0.3, -0.25) is 14.5 Å². The van der Waals surface area contributed by atoms with Crippen LogP contribution in [0.15, 0.2) is 53.0 Å². The van der Waals surface area contributed by atoms with E-state index < -0.39 is 0 Å². The zero-order valence-corrected chi connectivity index (χ0v) is 18.9. The lowest BCUT2D eigenvalue weighted by molar-refractivity contribution is -0.121. The predicted molar refractivity (Wildman–Crippen MR) is 121 cm³/mol. The first-order valence-corrected chi connectivity index (χ1v) is 11.1. The number of amides is 2. The molecule has 3 rings (SSSR count). The van der Waals surface area contributed by atoms with Gasteiger partial charge < -0.3 is 15.4 Å². The molecule has 1 fully saturated rings. The van der Waals surface area contributed by atoms with Gasteiger partial charge in [0.2, 0.25) is 5.91 Å². The highest BCUT2D eigenvalue weighted by Gasteiger charge is 2.24. The van der Waals surface area contributed by atoms with Crippen LogP contribution in [0.25, 0.3) is 0 Å². The maximum atomic E-state index is 12.4. The van der Waals surface area contributed by atoms with Crippen molar-refractivity contribution in [1.29, 1.82) is 0 Å². The molecule has 0 aromatic heterocycles. The molecule has 1 aliphatic rings. The summed E-state index contributed by atoms with van der Waals surface area (Å²) >= 11 is 9.76. The van der Waals surface area contributed by atoms with Crippen molar-refractivity contribution in [2.24, 2.45) is 0 Å². The number of halogens is 2. The highest BCUT2D eigenvalue weighted by Crippen LogP contribution is 2.27. The normalized spacial score (nSPS) is 15.4. The minimum Gasteiger partial charge on any atom is -0.379 e. The lowest BCUT2D eigenvalue weighted by atomic mass is 10.0. The predicted octanol–water partition coefficient (Wildman–Crippen LogP) is 3.41. The Kier molecular flexibility index (Phi) is 8.69. The maximum Gasteiger partial charge on any atom is 0.251 e. The summed E-state index contributed by atoms with van der Waals surface area (Å²) in [5.41, 5.74) is 1.55. The Morgan fingerprint density at radius 3 is 2.47 bits per heavy atom. The Bertz CT molecular complexity index is 857. The van der Waals surface area contributed by atoms with E-state index in [4.69, 9.17) is 16.3 Å². The highest BCUT2D eigenvalue weighted by molar-refractivity contribution is 9.10. The molecule has 0 spiro atoms. The Hall–Kier alpha value is -1.93. The molecule has 2 aromatic rings. The number of hydrogen-bond acceptors (Lipinski definition) is 4. The summed E-state index contributed by atoms with van der Waals surface area (Å²) < 4.78 is 6.36. The summed E-state index contributed by atoms with van der Waals surface area (Å²) in [6.07, 6.45) is 0.209. The smallest absolute Gasteiger partial charge is 0.251 e. The number of carbonyl (C=O) groups is 2. The van der Waals surface area contributed by atoms with Crippen molar-refractivity contribution >= 4 is 39.3 Å². The summed E-state index contributed by atoms with van der Waals surface area (Å²) in [6, 6.07) is 14.8. The van der Waals surface area contributed by atoms with Crippen molar-refractivity contribution in [3.05, 3.63) is 69.2 Å². The topological polar surface area (TPSA) is 70.7 Å². The van der Waals surface area contributed by atoms with E-state index in [1.165, 1.54) is 0 Å². The van der Waals surface area contributed by atoms with Crippen LogP contribution in [0.4, 0.5) is 0 Å². The van der Waals surface area contributed by atoms with Gasteiger partial charge >= 0.3 is 0 Å². The lowest BCUT2D eigenvalue weighted by Gasteiger charge is -2.35. The van der Waals surface area contributed by atoms with Crippen molar-refractivity contribution in [3.63, 3.8) is 0 Å². The fraction of sp³-hybridized carbons (Fsp3) is 0.364. The zero-order valence-electron chi connectivity index (χ0n) is 16.6. The second-order valence-electron chi connectivity index (χ2n) is 7.00. The molecule has 2 N–H and O–H groups in total. The van der Waals surface area contributed by atoms with Crippen LogP contribution in [0.5, 0.6) is 0 Å². The monoisotopic (exact) mass is 493 g/mol. The van der Waals surface area contributed by atoms with E-state index in [2.05, 4.69) is 31.5 Å². The van der Waals surface area contributed by atoms with Gasteiger partial charge in [-0.25, -0.2) is 0 Å². The third kappa shape index (κ3) is 6.54. The largest absolute Gasteiger partial charge is 0.379 e. The van der Waals surface area contributed by atoms with Gasteiger partial charge in [0.15, 0.2) is 0 Å². The first kappa shape index (κ1) is 22.7. The standard InChI is InChI=1S/C22H25BrClN3O3/c23-17-7-5-16(6-8-17)22(29)25-10-9-21(28)26-15-20(27-11-13-30-14-12-27)18-3-1-2-4-19(18)24/h1-8,20H,9-15H2,(H,25,29)(H,26,28). The molecule has 2 amide bonds. The molecule has 1 heterocycles. The van der Waals surface area contributed by atoms with Crippen LogP contribution in [0.3, 0.4) is 0 Å².